The summed E-state index contributed by atoms with van der Waals surface area (Å²) in [6.07, 6.45) is 0. The lowest BCUT2D eigenvalue weighted by molar-refractivity contribution is -0.384. The Kier molecular flexibility index (Phi) is 5.86. The molecule has 0 radical (unpaired) electrons. The lowest BCUT2D eigenvalue weighted by atomic mass is 10.1. The van der Waals surface area contributed by atoms with Crippen molar-refractivity contribution in [3.8, 4) is 0 Å². The lowest BCUT2D eigenvalue weighted by Crippen LogP contribution is -2.39. The van der Waals surface area contributed by atoms with Gasteiger partial charge in [-0.1, -0.05) is 48.5 Å². The van der Waals surface area contributed by atoms with Crippen molar-refractivity contribution in [1.29, 1.82) is 0 Å². The topological polar surface area (TPSA) is 87.5 Å². The molecule has 3 rings (SSSR count). The highest BCUT2D eigenvalue weighted by atomic mass is 16.6. The van der Waals surface area contributed by atoms with Crippen molar-refractivity contribution in [3.63, 3.8) is 0 Å². The van der Waals surface area contributed by atoms with Crippen LogP contribution >= 0.6 is 0 Å². The fourth-order valence-corrected chi connectivity index (χ4v) is 2.70. The Morgan fingerprint density at radius 1 is 1.00 bits per heavy atom. The number of anilines is 2. The fourth-order valence-electron chi connectivity index (χ4n) is 2.70. The van der Waals surface area contributed by atoms with Crippen LogP contribution in [0.4, 0.5) is 17.1 Å². The second-order valence-corrected chi connectivity index (χ2v) is 6.16. The minimum Gasteiger partial charge on any atom is -0.375 e. The fraction of sp³-hybridized carbons (Fsp3) is 0.0952. The van der Waals surface area contributed by atoms with E-state index in [-0.39, 0.29) is 11.3 Å². The smallest absolute Gasteiger partial charge is 0.293 e. The maximum absolute atomic E-state index is 12.5. The van der Waals surface area contributed by atoms with Crippen LogP contribution in [-0.4, -0.2) is 17.9 Å². The molecular formula is C21H20N4O3. The summed E-state index contributed by atoms with van der Waals surface area (Å²) >= 11 is 0. The minimum absolute atomic E-state index is 0.147. The Bertz CT molecular complexity index is 962. The first-order valence-electron chi connectivity index (χ1n) is 8.70. The maximum atomic E-state index is 12.5. The van der Waals surface area contributed by atoms with E-state index in [4.69, 9.17) is 0 Å². The van der Waals surface area contributed by atoms with Crippen LogP contribution < -0.4 is 15.8 Å². The van der Waals surface area contributed by atoms with E-state index in [1.165, 1.54) is 6.07 Å². The molecule has 0 aromatic heterocycles. The molecule has 0 fully saturated rings. The number of hydrogen-bond acceptors (Lipinski definition) is 5. The molecule has 0 bridgehead atoms. The maximum Gasteiger partial charge on any atom is 0.293 e. The number of hydrazine groups is 1. The molecule has 0 aliphatic heterocycles. The lowest BCUT2D eigenvalue weighted by Gasteiger charge is -2.20. The number of nitro groups is 1. The molecule has 0 atom stereocenters. The van der Waals surface area contributed by atoms with E-state index in [0.29, 0.717) is 12.2 Å². The number of nitro benzene ring substituents is 1. The zero-order valence-corrected chi connectivity index (χ0v) is 15.3. The first-order valence-corrected chi connectivity index (χ1v) is 8.70. The van der Waals surface area contributed by atoms with Gasteiger partial charge < -0.3 is 5.32 Å². The summed E-state index contributed by atoms with van der Waals surface area (Å²) in [6.45, 7) is 0.448. The molecule has 0 aliphatic carbocycles. The molecule has 0 spiro atoms. The molecule has 0 unspecified atom stereocenters. The van der Waals surface area contributed by atoms with Crippen LogP contribution in [0.25, 0.3) is 0 Å². The predicted molar refractivity (Wildman–Crippen MR) is 109 cm³/mol. The summed E-state index contributed by atoms with van der Waals surface area (Å²) in [7, 11) is 1.71. The second-order valence-electron chi connectivity index (χ2n) is 6.16. The third kappa shape index (κ3) is 4.64. The van der Waals surface area contributed by atoms with Crippen molar-refractivity contribution in [2.24, 2.45) is 0 Å². The summed E-state index contributed by atoms with van der Waals surface area (Å²) in [5.74, 6) is -0.427. The molecule has 0 saturated carbocycles. The zero-order chi connectivity index (χ0) is 19.9. The van der Waals surface area contributed by atoms with Gasteiger partial charge in [-0.3, -0.25) is 25.3 Å². The Labute approximate surface area is 162 Å². The van der Waals surface area contributed by atoms with Gasteiger partial charge in [0.25, 0.3) is 11.6 Å². The molecule has 1 amide bonds. The van der Waals surface area contributed by atoms with E-state index in [2.05, 4.69) is 10.7 Å². The van der Waals surface area contributed by atoms with E-state index < -0.39 is 10.8 Å². The monoisotopic (exact) mass is 376 g/mol. The summed E-state index contributed by atoms with van der Waals surface area (Å²) < 4.78 is 0. The number of nitrogens with one attached hydrogen (secondary N) is 2. The molecule has 3 aromatic carbocycles. The molecular weight excluding hydrogens is 356 g/mol. The summed E-state index contributed by atoms with van der Waals surface area (Å²) in [5.41, 5.74) is 4.93. The summed E-state index contributed by atoms with van der Waals surface area (Å²) in [5, 5.41) is 16.1. The van der Waals surface area contributed by atoms with Crippen LogP contribution in [-0.2, 0) is 6.54 Å². The van der Waals surface area contributed by atoms with Crippen LogP contribution in [0.2, 0.25) is 0 Å². The van der Waals surface area contributed by atoms with Gasteiger partial charge in [0.2, 0.25) is 0 Å². The number of hydrogen-bond donors (Lipinski definition) is 2. The molecule has 7 heteroatoms. The average Bonchev–Trinajstić information content (AvgIpc) is 2.73. The number of rotatable bonds is 7. The third-order valence-corrected chi connectivity index (χ3v) is 4.20. The van der Waals surface area contributed by atoms with Crippen molar-refractivity contribution in [3.05, 3.63) is 100 Å². The molecule has 142 valence electrons. The van der Waals surface area contributed by atoms with Gasteiger partial charge in [0.1, 0.15) is 5.69 Å². The third-order valence-electron chi connectivity index (χ3n) is 4.20. The highest BCUT2D eigenvalue weighted by Crippen LogP contribution is 2.26. The van der Waals surface area contributed by atoms with E-state index in [1.807, 2.05) is 60.7 Å². The Hall–Kier alpha value is -3.87. The minimum atomic E-state index is -0.495. The first kappa shape index (κ1) is 18.9. The number of carbonyl (C=O) groups excluding carboxylic acids is 1. The van der Waals surface area contributed by atoms with Crippen molar-refractivity contribution in [1.82, 2.24) is 5.43 Å². The van der Waals surface area contributed by atoms with Gasteiger partial charge >= 0.3 is 0 Å². The van der Waals surface area contributed by atoms with Crippen molar-refractivity contribution in [2.45, 2.75) is 6.54 Å². The zero-order valence-electron chi connectivity index (χ0n) is 15.3. The normalized spacial score (nSPS) is 10.2. The average molecular weight is 376 g/mol. The molecule has 3 aromatic rings. The van der Waals surface area contributed by atoms with E-state index in [9.17, 15) is 14.9 Å². The molecule has 7 nitrogen and oxygen atoms in total. The van der Waals surface area contributed by atoms with E-state index in [0.717, 1.165) is 11.3 Å². The number of nitrogens with zero attached hydrogens (tertiary/aromatic N) is 2. The molecule has 0 aliphatic rings. The van der Waals surface area contributed by atoms with Crippen molar-refractivity contribution >= 4 is 23.0 Å². The van der Waals surface area contributed by atoms with Gasteiger partial charge in [-0.05, 0) is 29.8 Å². The van der Waals surface area contributed by atoms with Crippen LogP contribution in [0.15, 0.2) is 78.9 Å². The van der Waals surface area contributed by atoms with Crippen LogP contribution in [0.1, 0.15) is 15.9 Å². The van der Waals surface area contributed by atoms with Gasteiger partial charge in [0.05, 0.1) is 10.6 Å². The quantitative estimate of drug-likeness (QED) is 0.481. The van der Waals surface area contributed by atoms with Gasteiger partial charge in [-0.15, -0.1) is 0 Å². The summed E-state index contributed by atoms with van der Waals surface area (Å²) in [4.78, 5) is 23.5. The number of benzene rings is 3. The Morgan fingerprint density at radius 2 is 1.64 bits per heavy atom. The first-order chi connectivity index (χ1) is 13.5. The van der Waals surface area contributed by atoms with Gasteiger partial charge in [0, 0.05) is 25.2 Å². The second kappa shape index (κ2) is 8.68. The molecule has 28 heavy (non-hydrogen) atoms. The largest absolute Gasteiger partial charge is 0.375 e. The van der Waals surface area contributed by atoms with Crippen LogP contribution in [0.5, 0.6) is 0 Å². The van der Waals surface area contributed by atoms with Gasteiger partial charge in [-0.2, -0.15) is 0 Å². The number of carbonyl (C=O) groups is 1. The van der Waals surface area contributed by atoms with Crippen molar-refractivity contribution in [2.75, 3.05) is 17.4 Å². The predicted octanol–water partition coefficient (Wildman–Crippen LogP) is 3.99. The highest BCUT2D eigenvalue weighted by Gasteiger charge is 2.18. The standard InChI is InChI=1S/C21H20N4O3/c1-24(18-10-6-3-7-11-18)23-21(26)17-12-13-19(20(14-17)25(27)28)22-15-16-8-4-2-5-9-16/h2-14,22H,15H2,1H3,(H,23,26). The van der Waals surface area contributed by atoms with E-state index in [1.54, 1.807) is 24.2 Å². The highest BCUT2D eigenvalue weighted by molar-refractivity contribution is 5.96. The van der Waals surface area contributed by atoms with Crippen LogP contribution in [0, 0.1) is 10.1 Å². The molecule has 2 N–H and O–H groups in total. The molecule has 0 heterocycles. The number of para-hydroxylation sites is 1. The van der Waals surface area contributed by atoms with Crippen molar-refractivity contribution < 1.29 is 9.72 Å². The van der Waals surface area contributed by atoms with Gasteiger partial charge in [0.15, 0.2) is 0 Å². The Morgan fingerprint density at radius 3 is 2.29 bits per heavy atom. The number of amides is 1. The van der Waals surface area contributed by atoms with E-state index >= 15 is 0 Å². The van der Waals surface area contributed by atoms with Crippen LogP contribution in [0.3, 0.4) is 0 Å². The SMILES string of the molecule is CN(NC(=O)c1ccc(NCc2ccccc2)c([N+](=O)[O-])c1)c1ccccc1. The Balaban J connectivity index is 1.74. The van der Waals surface area contributed by atoms with Gasteiger partial charge in [-0.25, -0.2) is 0 Å². The summed E-state index contributed by atoms with van der Waals surface area (Å²) in [6, 6.07) is 23.3. The molecule has 0 saturated heterocycles.